The first-order valence-electron chi connectivity index (χ1n) is 16.9. The Labute approximate surface area is 311 Å². The Balaban J connectivity index is 1.87. The minimum absolute atomic E-state index is 0.255. The minimum atomic E-state index is -1.46. The van der Waals surface area contributed by atoms with Gasteiger partial charge in [0.15, 0.2) is 0 Å². The molecule has 12 heteroatoms. The second-order valence-corrected chi connectivity index (χ2v) is 14.4. The van der Waals surface area contributed by atoms with Crippen molar-refractivity contribution in [2.24, 2.45) is 0 Å². The molecule has 0 aliphatic heterocycles. The lowest BCUT2D eigenvalue weighted by Gasteiger charge is -2.27. The second-order valence-electron chi connectivity index (χ2n) is 13.0. The average Bonchev–Trinajstić information content (AvgIpc) is 3.51. The zero-order chi connectivity index (χ0) is 38.4. The van der Waals surface area contributed by atoms with Gasteiger partial charge in [-0.3, -0.25) is 13.9 Å². The van der Waals surface area contributed by atoms with Gasteiger partial charge in [0.25, 0.3) is 5.91 Å². The monoisotopic (exact) mass is 738 g/mol. The molecule has 0 bridgehead atoms. The van der Waals surface area contributed by atoms with Gasteiger partial charge in [0.2, 0.25) is 6.41 Å². The molecule has 2 heterocycles. The molecule has 53 heavy (non-hydrogen) atoms. The molecule has 1 atom stereocenters. The number of benzene rings is 3. The van der Waals surface area contributed by atoms with Crippen LogP contribution in [-0.2, 0) is 25.3 Å². The molecule has 0 spiro atoms. The molecule has 2 N–H and O–H groups in total. The first-order valence-corrected chi connectivity index (χ1v) is 18.4. The first-order chi connectivity index (χ1) is 25.3. The predicted molar refractivity (Wildman–Crippen MR) is 211 cm³/mol. The van der Waals surface area contributed by atoms with Gasteiger partial charge in [0.1, 0.15) is 45.2 Å². The number of aromatic nitrogens is 1. The number of fused-ring (bicyclic) bond motifs is 1. The van der Waals surface area contributed by atoms with Crippen LogP contribution >= 0.6 is 0 Å². The predicted octanol–water partition coefficient (Wildman–Crippen LogP) is 8.67. The van der Waals surface area contributed by atoms with Crippen LogP contribution < -0.4 is 14.9 Å². The lowest BCUT2D eigenvalue weighted by Crippen LogP contribution is -2.21. The van der Waals surface area contributed by atoms with Gasteiger partial charge in [-0.2, -0.15) is 0 Å². The Kier molecular flexibility index (Phi) is 11.8. The van der Waals surface area contributed by atoms with Crippen molar-refractivity contribution in [1.82, 2.24) is 10.3 Å². The fourth-order valence-corrected chi connectivity index (χ4v) is 6.20. The van der Waals surface area contributed by atoms with E-state index < -0.39 is 28.3 Å². The highest BCUT2D eigenvalue weighted by atomic mass is 32.2. The van der Waals surface area contributed by atoms with Gasteiger partial charge in [-0.25, -0.2) is 13.6 Å². The molecule has 5 rings (SSSR count). The van der Waals surface area contributed by atoms with Crippen molar-refractivity contribution in [2.75, 3.05) is 36.6 Å². The molecule has 5 aromatic rings. The average molecular weight is 739 g/mol. The fraction of sp³-hybridized carbons (Fsp3) is 0.244. The van der Waals surface area contributed by atoms with Gasteiger partial charge >= 0.3 is 0 Å². The maximum Gasteiger partial charge on any atom is 0.255 e. The molecule has 0 aliphatic carbocycles. The number of pyridine rings is 1. The third-order valence-corrected chi connectivity index (χ3v) is 9.28. The number of anilines is 2. The van der Waals surface area contributed by atoms with Crippen LogP contribution in [0.4, 0.5) is 15.8 Å². The molecule has 276 valence electrons. The molecule has 2 amide bonds. The Morgan fingerprint density at radius 1 is 1.08 bits per heavy atom. The minimum Gasteiger partial charge on any atom is -0.501 e. The van der Waals surface area contributed by atoms with Crippen LogP contribution in [0, 0.1) is 5.82 Å². The molecule has 1 unspecified atom stereocenters. The summed E-state index contributed by atoms with van der Waals surface area (Å²) in [5, 5.41) is 5.96. The molecule has 0 saturated carbocycles. The summed E-state index contributed by atoms with van der Waals surface area (Å²) in [6, 6.07) is 20.3. The number of allylic oxidation sites excluding steroid dienone is 1. The normalized spacial score (nSPS) is 12.7. The number of nitrogens with zero attached hydrogens (tertiary/aromatic N) is 2. The van der Waals surface area contributed by atoms with E-state index >= 15 is 0 Å². The van der Waals surface area contributed by atoms with Gasteiger partial charge in [0.05, 0.1) is 29.8 Å². The van der Waals surface area contributed by atoms with E-state index in [1.807, 2.05) is 65.0 Å². The van der Waals surface area contributed by atoms with Crippen molar-refractivity contribution in [3.63, 3.8) is 0 Å². The number of halogens is 1. The number of para-hydroxylation sites is 1. The number of hydrogen-bond acceptors (Lipinski definition) is 7. The number of carbonyl (C=O) groups excluding carboxylic acids is 2. The highest BCUT2D eigenvalue weighted by molar-refractivity contribution is 7.85. The summed E-state index contributed by atoms with van der Waals surface area (Å²) in [5.41, 5.74) is 5.23. The SMILES string of the molecule is CCO/C=C/c1ccc(-c2cc3c(C(=O)NC)c(-c4ccc(F)cc4)oc3cc2N(C)S(C)=O)nc1/C(OC(C)(C)C)=C(\C)c1ccccc1NC=O. The van der Waals surface area contributed by atoms with Crippen LogP contribution in [0.2, 0.25) is 0 Å². The fourth-order valence-electron chi connectivity index (χ4n) is 5.78. The number of furan rings is 1. The Morgan fingerprint density at radius 2 is 1.79 bits per heavy atom. The van der Waals surface area contributed by atoms with Crippen LogP contribution in [0.5, 0.6) is 0 Å². The van der Waals surface area contributed by atoms with Crippen LogP contribution in [0.15, 0.2) is 83.5 Å². The molecule has 0 aliphatic rings. The van der Waals surface area contributed by atoms with E-state index in [0.717, 1.165) is 5.56 Å². The third kappa shape index (κ3) is 8.49. The Hall–Kier alpha value is -5.75. The second kappa shape index (κ2) is 16.3. The van der Waals surface area contributed by atoms with Crippen LogP contribution in [-0.4, -0.2) is 54.1 Å². The molecule has 0 fully saturated rings. The highest BCUT2D eigenvalue weighted by Gasteiger charge is 2.27. The molecule has 2 aromatic heterocycles. The van der Waals surface area contributed by atoms with Crippen molar-refractivity contribution in [2.45, 2.75) is 40.2 Å². The van der Waals surface area contributed by atoms with Gasteiger partial charge in [-0.15, -0.1) is 0 Å². The van der Waals surface area contributed by atoms with E-state index in [2.05, 4.69) is 10.6 Å². The van der Waals surface area contributed by atoms with Crippen LogP contribution in [0.25, 0.3) is 51.0 Å². The maximum atomic E-state index is 13.9. The quantitative estimate of drug-likeness (QED) is 0.0916. The summed E-state index contributed by atoms with van der Waals surface area (Å²) in [6.45, 7) is 10.1. The molecule has 3 aromatic carbocycles. The van der Waals surface area contributed by atoms with E-state index in [1.165, 1.54) is 19.2 Å². The van der Waals surface area contributed by atoms with E-state index in [0.29, 0.717) is 74.8 Å². The standard InChI is InChI=1S/C41H43FN4O6S/c1-9-50-21-20-26-16-19-33(45-37(26)38(52-41(3,4)5)25(2)29-12-10-11-13-32(29)44-24-47)30-22-31-35(23-34(30)46(7)53(8)49)51-39(36(31)40(48)43-6)27-14-17-28(42)18-15-27/h10-24H,9H2,1-8H3,(H,43,48)(H,44,47)/b21-20+,38-25-. The number of ether oxygens (including phenoxy) is 2. The van der Waals surface area contributed by atoms with Gasteiger partial charge in [-0.1, -0.05) is 24.3 Å². The maximum absolute atomic E-state index is 13.9. The molecule has 10 nitrogen and oxygen atoms in total. The van der Waals surface area contributed by atoms with Crippen LogP contribution in [0.1, 0.15) is 61.8 Å². The van der Waals surface area contributed by atoms with E-state index in [9.17, 15) is 18.2 Å². The van der Waals surface area contributed by atoms with E-state index in [1.54, 1.807) is 60.3 Å². The summed E-state index contributed by atoms with van der Waals surface area (Å²) in [5.74, 6) is -0.110. The van der Waals surface area contributed by atoms with Crippen molar-refractivity contribution in [1.29, 1.82) is 0 Å². The van der Waals surface area contributed by atoms with E-state index in [-0.39, 0.29) is 11.3 Å². The summed E-state index contributed by atoms with van der Waals surface area (Å²) in [6.07, 6.45) is 5.58. The summed E-state index contributed by atoms with van der Waals surface area (Å²) >= 11 is 0. The number of carbonyl (C=O) groups is 2. The molecular weight excluding hydrogens is 696 g/mol. The third-order valence-electron chi connectivity index (χ3n) is 8.31. The summed E-state index contributed by atoms with van der Waals surface area (Å²) < 4.78 is 47.1. The van der Waals surface area contributed by atoms with Gasteiger partial charge < -0.3 is 24.5 Å². The van der Waals surface area contributed by atoms with Crippen molar-refractivity contribution in [3.05, 3.63) is 107 Å². The van der Waals surface area contributed by atoms with Crippen molar-refractivity contribution in [3.8, 4) is 22.6 Å². The van der Waals surface area contributed by atoms with Crippen molar-refractivity contribution < 1.29 is 32.1 Å². The first kappa shape index (κ1) is 38.5. The Bertz CT molecular complexity index is 2240. The topological polar surface area (TPSA) is 123 Å². The van der Waals surface area contributed by atoms with Crippen LogP contribution in [0.3, 0.4) is 0 Å². The van der Waals surface area contributed by atoms with Gasteiger partial charge in [-0.05, 0) is 83.2 Å². The van der Waals surface area contributed by atoms with E-state index in [4.69, 9.17) is 18.9 Å². The zero-order valence-electron chi connectivity index (χ0n) is 31.0. The lowest BCUT2D eigenvalue weighted by molar-refractivity contribution is -0.105. The number of hydrogen-bond donors (Lipinski definition) is 2. The zero-order valence-corrected chi connectivity index (χ0v) is 31.8. The van der Waals surface area contributed by atoms with Crippen molar-refractivity contribution >= 4 is 63.1 Å². The molecule has 0 saturated heterocycles. The smallest absolute Gasteiger partial charge is 0.255 e. The number of amides is 2. The van der Waals surface area contributed by atoms with Gasteiger partial charge in [0, 0.05) is 65.3 Å². The highest BCUT2D eigenvalue weighted by Crippen LogP contribution is 2.42. The largest absolute Gasteiger partial charge is 0.501 e. The lowest BCUT2D eigenvalue weighted by atomic mass is 9.98. The molecular formula is C41H43FN4O6S. The summed E-state index contributed by atoms with van der Waals surface area (Å²) in [4.78, 5) is 30.3. The summed E-state index contributed by atoms with van der Waals surface area (Å²) in [7, 11) is 1.75. The number of nitrogens with one attached hydrogen (secondary N) is 2. The molecule has 0 radical (unpaired) electrons. The number of rotatable bonds is 13. The Morgan fingerprint density at radius 3 is 2.43 bits per heavy atom.